The average molecular weight is 655 g/mol. The van der Waals surface area contributed by atoms with Crippen molar-refractivity contribution in [2.24, 2.45) is 5.10 Å². The maximum absolute atomic E-state index is 14.0. The lowest BCUT2D eigenvalue weighted by Crippen LogP contribution is -2.31. The van der Waals surface area contributed by atoms with Crippen LogP contribution >= 0.6 is 0 Å². The Morgan fingerprint density at radius 2 is 1.44 bits per heavy atom. The van der Waals surface area contributed by atoms with Crippen molar-refractivity contribution in [1.29, 1.82) is 0 Å². The van der Waals surface area contributed by atoms with Gasteiger partial charge in [-0.2, -0.15) is 5.10 Å². The number of sulfonamides is 1. The average Bonchev–Trinajstić information content (AvgIpc) is 3.11. The van der Waals surface area contributed by atoms with Crippen LogP contribution in [0.2, 0.25) is 0 Å². The Labute approximate surface area is 280 Å². The number of hydrogen-bond acceptors (Lipinski definition) is 6. The quantitative estimate of drug-likeness (QED) is 0.115. The summed E-state index contributed by atoms with van der Waals surface area (Å²) >= 11 is 0. The number of carbonyl (C=O) groups excluding carboxylic acids is 1. The normalized spacial score (nSPS) is 11.5. The molecule has 6 rings (SSSR count). The highest BCUT2D eigenvalue weighted by Crippen LogP contribution is 2.31. The molecule has 0 saturated heterocycles. The molecule has 5 aromatic carbocycles. The zero-order valence-corrected chi connectivity index (χ0v) is 27.4. The van der Waals surface area contributed by atoms with Crippen molar-refractivity contribution in [1.82, 2.24) is 10.4 Å². The number of benzene rings is 5. The van der Waals surface area contributed by atoms with Gasteiger partial charge in [-0.05, 0) is 91.2 Å². The number of nitrogens with zero attached hydrogens (tertiary/aromatic N) is 3. The van der Waals surface area contributed by atoms with Crippen molar-refractivity contribution in [3.05, 3.63) is 167 Å². The first-order valence-electron chi connectivity index (χ1n) is 15.4. The summed E-state index contributed by atoms with van der Waals surface area (Å²) in [6.45, 7) is 4.47. The number of aryl methyl sites for hydroxylation is 2. The Morgan fingerprint density at radius 1 is 0.792 bits per heavy atom. The monoisotopic (exact) mass is 654 g/mol. The Balaban J connectivity index is 1.13. The summed E-state index contributed by atoms with van der Waals surface area (Å²) < 4.78 is 35.3. The maximum atomic E-state index is 14.0. The maximum Gasteiger partial charge on any atom is 0.271 e. The number of ether oxygens (including phenoxy) is 1. The first kappa shape index (κ1) is 32.2. The van der Waals surface area contributed by atoms with Gasteiger partial charge in [-0.1, -0.05) is 77.9 Å². The smallest absolute Gasteiger partial charge is 0.271 e. The number of amides is 1. The van der Waals surface area contributed by atoms with E-state index in [2.05, 4.69) is 27.6 Å². The van der Waals surface area contributed by atoms with Gasteiger partial charge >= 0.3 is 0 Å². The summed E-state index contributed by atoms with van der Waals surface area (Å²) in [4.78, 5) is 17.5. The third-order valence-corrected chi connectivity index (χ3v) is 9.59. The number of aromatic nitrogens is 1. The second kappa shape index (κ2) is 14.3. The van der Waals surface area contributed by atoms with E-state index in [1.165, 1.54) is 9.87 Å². The van der Waals surface area contributed by atoms with Crippen LogP contribution in [0, 0.1) is 13.8 Å². The van der Waals surface area contributed by atoms with Crippen molar-refractivity contribution in [2.75, 3.05) is 4.31 Å². The van der Waals surface area contributed by atoms with E-state index < -0.39 is 15.9 Å². The number of hydrazone groups is 1. The van der Waals surface area contributed by atoms with E-state index in [0.29, 0.717) is 28.9 Å². The van der Waals surface area contributed by atoms with Gasteiger partial charge in [-0.3, -0.25) is 14.1 Å². The largest absolute Gasteiger partial charge is 0.489 e. The molecule has 1 amide bonds. The number of anilines is 1. The van der Waals surface area contributed by atoms with Gasteiger partial charge in [0.15, 0.2) is 0 Å². The minimum absolute atomic E-state index is 0.0384. The van der Waals surface area contributed by atoms with Gasteiger partial charge < -0.3 is 4.74 Å². The molecule has 1 heterocycles. The van der Waals surface area contributed by atoms with Crippen molar-refractivity contribution < 1.29 is 17.9 Å². The lowest BCUT2D eigenvalue weighted by Gasteiger charge is -2.25. The summed E-state index contributed by atoms with van der Waals surface area (Å²) in [5.41, 5.74) is 8.74. The number of nitrogens with one attached hydrogen (secondary N) is 1. The topological polar surface area (TPSA) is 101 Å². The van der Waals surface area contributed by atoms with Crippen LogP contribution in [0.5, 0.6) is 5.75 Å². The molecule has 0 fully saturated rings. The van der Waals surface area contributed by atoms with E-state index in [4.69, 9.17) is 4.74 Å². The van der Waals surface area contributed by atoms with Gasteiger partial charge in [0.1, 0.15) is 12.4 Å². The first-order valence-corrected chi connectivity index (χ1v) is 16.8. The van der Waals surface area contributed by atoms with Gasteiger partial charge in [0.2, 0.25) is 0 Å². The Hall–Kier alpha value is -5.80. The third kappa shape index (κ3) is 7.59. The van der Waals surface area contributed by atoms with Crippen molar-refractivity contribution >= 4 is 38.7 Å². The summed E-state index contributed by atoms with van der Waals surface area (Å²) in [7, 11) is -3.96. The van der Waals surface area contributed by atoms with E-state index >= 15 is 0 Å². The second-order valence-corrected chi connectivity index (χ2v) is 13.3. The van der Waals surface area contributed by atoms with E-state index in [0.717, 1.165) is 27.8 Å². The second-order valence-electron chi connectivity index (χ2n) is 11.4. The Morgan fingerprint density at radius 3 is 2.15 bits per heavy atom. The fraction of sp³-hybridized carbons (Fsp3) is 0.103. The number of rotatable bonds is 11. The molecule has 0 radical (unpaired) electrons. The minimum atomic E-state index is -3.96. The van der Waals surface area contributed by atoms with Crippen molar-refractivity contribution in [2.45, 2.75) is 31.9 Å². The molecule has 0 aliphatic carbocycles. The fourth-order valence-electron chi connectivity index (χ4n) is 5.08. The molecule has 1 N–H and O–H groups in total. The van der Waals surface area contributed by atoms with Gasteiger partial charge in [0.25, 0.3) is 15.9 Å². The van der Waals surface area contributed by atoms with Crippen LogP contribution in [-0.4, -0.2) is 25.5 Å². The highest BCUT2D eigenvalue weighted by atomic mass is 32.2. The first-order chi connectivity index (χ1) is 23.3. The number of carbonyl (C=O) groups is 1. The van der Waals surface area contributed by atoms with Gasteiger partial charge in [-0.25, -0.2) is 13.8 Å². The molecule has 6 aromatic rings. The molecule has 0 aliphatic heterocycles. The van der Waals surface area contributed by atoms with Crippen molar-refractivity contribution in [3.63, 3.8) is 0 Å². The number of para-hydroxylation sites is 1. The summed E-state index contributed by atoms with van der Waals surface area (Å²) in [5, 5.41) is 4.93. The lowest BCUT2D eigenvalue weighted by atomic mass is 10.1. The zero-order valence-electron chi connectivity index (χ0n) is 26.6. The molecule has 48 heavy (non-hydrogen) atoms. The lowest BCUT2D eigenvalue weighted by molar-refractivity contribution is 0.0955. The Bertz CT molecular complexity index is 2160. The number of fused-ring (bicyclic) bond motifs is 1. The number of hydrogen-bond donors (Lipinski definition) is 1. The summed E-state index contributed by atoms with van der Waals surface area (Å²) in [5.74, 6) is 0.344. The van der Waals surface area contributed by atoms with Crippen LogP contribution in [0.15, 0.2) is 144 Å². The highest BCUT2D eigenvalue weighted by molar-refractivity contribution is 7.92. The SMILES string of the molecule is Cc1ccc(COc2ccc(/C=N/NC(=O)c3ccc(CN(c4cccc5cccnc45)S(=O)(=O)c4ccc(C)cc4)cc3)cc2)cc1. The molecule has 0 spiro atoms. The molecular formula is C39H34N4O4S. The molecule has 1 aromatic heterocycles. The van der Waals surface area contributed by atoms with E-state index in [1.807, 2.05) is 74.5 Å². The van der Waals surface area contributed by atoms with Crippen LogP contribution < -0.4 is 14.5 Å². The molecule has 0 atom stereocenters. The Kier molecular flexibility index (Phi) is 9.59. The predicted molar refractivity (Wildman–Crippen MR) is 190 cm³/mol. The van der Waals surface area contributed by atoms with E-state index in [9.17, 15) is 13.2 Å². The fourth-order valence-corrected chi connectivity index (χ4v) is 6.54. The summed E-state index contributed by atoms with van der Waals surface area (Å²) in [6, 6.07) is 38.4. The van der Waals surface area contributed by atoms with Crippen LogP contribution in [0.4, 0.5) is 5.69 Å². The third-order valence-electron chi connectivity index (χ3n) is 7.82. The van der Waals surface area contributed by atoms with Gasteiger partial charge in [0.05, 0.1) is 28.9 Å². The standard InChI is InChI=1S/C39H34N4O4S/c1-28-8-12-32(13-9-28)27-47-35-20-16-30(17-21-35)25-41-42-39(44)34-18-14-31(15-19-34)26-43(48(45,46)36-22-10-29(2)11-23-36)37-7-3-5-33-6-4-24-40-38(33)37/h3-25H,26-27H2,1-2H3,(H,42,44)/b41-25+. The van der Waals surface area contributed by atoms with Crippen LogP contribution in [0.1, 0.15) is 38.2 Å². The molecular weight excluding hydrogens is 621 g/mol. The van der Waals surface area contributed by atoms with Crippen LogP contribution in [0.3, 0.4) is 0 Å². The minimum Gasteiger partial charge on any atom is -0.489 e. The van der Waals surface area contributed by atoms with Crippen molar-refractivity contribution in [3.8, 4) is 5.75 Å². The number of pyridine rings is 1. The van der Waals surface area contributed by atoms with E-state index in [1.54, 1.807) is 67.0 Å². The van der Waals surface area contributed by atoms with E-state index in [-0.39, 0.29) is 11.4 Å². The molecule has 8 nitrogen and oxygen atoms in total. The van der Waals surface area contributed by atoms with Crippen LogP contribution in [-0.2, 0) is 23.2 Å². The molecule has 0 aliphatic rings. The van der Waals surface area contributed by atoms with Gasteiger partial charge in [0, 0.05) is 17.1 Å². The van der Waals surface area contributed by atoms with Crippen LogP contribution in [0.25, 0.3) is 10.9 Å². The molecule has 0 bridgehead atoms. The highest BCUT2D eigenvalue weighted by Gasteiger charge is 2.27. The zero-order chi connectivity index (χ0) is 33.5. The predicted octanol–water partition coefficient (Wildman–Crippen LogP) is 7.59. The molecule has 0 saturated carbocycles. The molecule has 0 unspecified atom stereocenters. The van der Waals surface area contributed by atoms with Gasteiger partial charge in [-0.15, -0.1) is 0 Å². The molecule has 240 valence electrons. The molecule has 9 heteroatoms. The summed E-state index contributed by atoms with van der Waals surface area (Å²) in [6.07, 6.45) is 3.21.